The van der Waals surface area contributed by atoms with Gasteiger partial charge < -0.3 is 29.3 Å². The Balaban J connectivity index is 0.00000169. The highest BCUT2D eigenvalue weighted by Gasteiger charge is 2.16. The van der Waals surface area contributed by atoms with Crippen molar-refractivity contribution in [1.82, 2.24) is 0 Å². The lowest BCUT2D eigenvalue weighted by Crippen LogP contribution is -3.00. The molecule has 1 amide bonds. The summed E-state index contributed by atoms with van der Waals surface area (Å²) in [6, 6.07) is 0. The Morgan fingerprint density at radius 2 is 2.07 bits per heavy atom. The lowest BCUT2D eigenvalue weighted by atomic mass is 10.5. The van der Waals surface area contributed by atoms with Crippen molar-refractivity contribution in [2.24, 2.45) is 7.05 Å². The molecular weight excluding hydrogens is 313 g/mol. The molecule has 2 N–H and O–H groups in total. The number of carbonyl (C=O) groups excluding carboxylic acids is 1. The SMILES string of the molecule is CNc1sc(NC(C)=O)c(C)[n+]1C.[I-]. The van der Waals surface area contributed by atoms with E-state index >= 15 is 0 Å². The molecule has 0 fully saturated rings. The smallest absolute Gasteiger partial charge is 0.335 e. The van der Waals surface area contributed by atoms with Crippen molar-refractivity contribution >= 4 is 27.4 Å². The highest BCUT2D eigenvalue weighted by molar-refractivity contribution is 7.19. The van der Waals surface area contributed by atoms with E-state index in [1.54, 1.807) is 0 Å². The Hall–Kier alpha value is -0.370. The largest absolute Gasteiger partial charge is 1.00 e. The van der Waals surface area contributed by atoms with Crippen LogP contribution in [0, 0.1) is 6.92 Å². The van der Waals surface area contributed by atoms with Gasteiger partial charge in [0, 0.05) is 13.8 Å². The van der Waals surface area contributed by atoms with Crippen LogP contribution in [0.5, 0.6) is 0 Å². The number of carbonyl (C=O) groups is 1. The third kappa shape index (κ3) is 2.81. The molecule has 0 saturated carbocycles. The van der Waals surface area contributed by atoms with Crippen molar-refractivity contribution in [3.05, 3.63) is 5.69 Å². The fourth-order valence-electron chi connectivity index (χ4n) is 1.04. The Kier molecular flexibility index (Phi) is 5.35. The predicted octanol–water partition coefficient (Wildman–Crippen LogP) is -2.11. The average molecular weight is 327 g/mol. The van der Waals surface area contributed by atoms with Gasteiger partial charge in [0.2, 0.25) is 5.91 Å². The second-order valence-corrected chi connectivity index (χ2v) is 3.81. The number of aromatic nitrogens is 1. The summed E-state index contributed by atoms with van der Waals surface area (Å²) in [4.78, 5) is 10.8. The van der Waals surface area contributed by atoms with Crippen LogP contribution in [0.25, 0.3) is 0 Å². The number of anilines is 2. The van der Waals surface area contributed by atoms with Crippen LogP contribution in [0.3, 0.4) is 0 Å². The summed E-state index contributed by atoms with van der Waals surface area (Å²) in [6.45, 7) is 3.49. The molecule has 1 heterocycles. The number of hydrogen-bond acceptors (Lipinski definition) is 3. The first-order valence-electron chi connectivity index (χ1n) is 4.01. The molecule has 1 rings (SSSR count). The van der Waals surface area contributed by atoms with Crippen molar-refractivity contribution in [2.45, 2.75) is 13.8 Å². The van der Waals surface area contributed by atoms with Crippen molar-refractivity contribution in [3.8, 4) is 0 Å². The summed E-state index contributed by atoms with van der Waals surface area (Å²) in [5.41, 5.74) is 1.06. The number of thiazole rings is 1. The molecule has 1 aromatic heterocycles. The summed E-state index contributed by atoms with van der Waals surface area (Å²) in [6.07, 6.45) is 0. The highest BCUT2D eigenvalue weighted by atomic mass is 127. The normalized spacial score (nSPS) is 9.14. The van der Waals surface area contributed by atoms with E-state index in [-0.39, 0.29) is 29.9 Å². The van der Waals surface area contributed by atoms with Crippen LogP contribution in [0.4, 0.5) is 10.1 Å². The lowest BCUT2D eigenvalue weighted by Gasteiger charge is -1.95. The summed E-state index contributed by atoms with van der Waals surface area (Å²) in [5.74, 6) is -0.0346. The zero-order valence-electron chi connectivity index (χ0n) is 8.64. The molecule has 14 heavy (non-hydrogen) atoms. The standard InChI is InChI=1S/C8H13N3OS.HI/c1-5-7(10-6(2)12)13-8(9-3)11(5)4;/h1-4H3,(H,10,12);1H. The zero-order chi connectivity index (χ0) is 10.0. The minimum absolute atomic E-state index is 0. The Morgan fingerprint density at radius 3 is 2.43 bits per heavy atom. The number of amides is 1. The summed E-state index contributed by atoms with van der Waals surface area (Å²) >= 11 is 1.53. The van der Waals surface area contributed by atoms with Crippen LogP contribution in [-0.4, -0.2) is 13.0 Å². The molecule has 0 unspecified atom stereocenters. The summed E-state index contributed by atoms with van der Waals surface area (Å²) < 4.78 is 2.01. The Labute approximate surface area is 105 Å². The van der Waals surface area contributed by atoms with Gasteiger partial charge in [-0.05, 0) is 11.3 Å². The van der Waals surface area contributed by atoms with E-state index in [1.165, 1.54) is 18.3 Å². The molecule has 0 aromatic carbocycles. The minimum Gasteiger partial charge on any atom is -1.00 e. The molecule has 6 heteroatoms. The fourth-order valence-corrected chi connectivity index (χ4v) is 2.09. The molecule has 0 aliphatic rings. The van der Waals surface area contributed by atoms with Crippen LogP contribution in [0.15, 0.2) is 0 Å². The van der Waals surface area contributed by atoms with E-state index < -0.39 is 0 Å². The molecule has 0 radical (unpaired) electrons. The maximum absolute atomic E-state index is 10.8. The van der Waals surface area contributed by atoms with Crippen molar-refractivity contribution in [2.75, 3.05) is 17.7 Å². The van der Waals surface area contributed by atoms with Crippen LogP contribution in [-0.2, 0) is 11.8 Å². The van der Waals surface area contributed by atoms with Crippen LogP contribution in [0.2, 0.25) is 0 Å². The molecule has 0 saturated heterocycles. The van der Waals surface area contributed by atoms with E-state index in [9.17, 15) is 4.79 Å². The van der Waals surface area contributed by atoms with Crippen LogP contribution >= 0.6 is 11.3 Å². The molecule has 80 valence electrons. The van der Waals surface area contributed by atoms with Gasteiger partial charge in [-0.2, -0.15) is 0 Å². The van der Waals surface area contributed by atoms with Crippen molar-refractivity contribution in [1.29, 1.82) is 0 Å². The molecule has 1 aromatic rings. The molecular formula is C8H14IN3OS. The molecule has 0 atom stereocenters. The first kappa shape index (κ1) is 13.6. The minimum atomic E-state index is -0.0346. The summed E-state index contributed by atoms with van der Waals surface area (Å²) in [7, 11) is 3.83. The average Bonchev–Trinajstić information content (AvgIpc) is 2.32. The second-order valence-electron chi connectivity index (χ2n) is 2.81. The predicted molar refractivity (Wildman–Crippen MR) is 54.1 cm³/mol. The lowest BCUT2D eigenvalue weighted by molar-refractivity contribution is -0.658. The monoisotopic (exact) mass is 327 g/mol. The van der Waals surface area contributed by atoms with Gasteiger partial charge in [-0.15, -0.1) is 0 Å². The maximum Gasteiger partial charge on any atom is 0.335 e. The van der Waals surface area contributed by atoms with E-state index in [1.807, 2.05) is 25.6 Å². The summed E-state index contributed by atoms with van der Waals surface area (Å²) in [5, 5.41) is 7.78. The number of nitrogens with zero attached hydrogens (tertiary/aromatic N) is 1. The molecule has 0 aliphatic heterocycles. The van der Waals surface area contributed by atoms with E-state index in [0.29, 0.717) is 0 Å². The zero-order valence-corrected chi connectivity index (χ0v) is 11.6. The number of rotatable bonds is 2. The van der Waals surface area contributed by atoms with Crippen LogP contribution < -0.4 is 39.2 Å². The van der Waals surface area contributed by atoms with Gasteiger partial charge in [0.15, 0.2) is 0 Å². The third-order valence-corrected chi connectivity index (χ3v) is 3.11. The van der Waals surface area contributed by atoms with Gasteiger partial charge in [-0.1, -0.05) is 0 Å². The number of hydrogen-bond donors (Lipinski definition) is 2. The Morgan fingerprint density at radius 1 is 1.50 bits per heavy atom. The van der Waals surface area contributed by atoms with E-state index in [4.69, 9.17) is 0 Å². The molecule has 0 spiro atoms. The topological polar surface area (TPSA) is 45.0 Å². The number of halogens is 1. The quantitative estimate of drug-likeness (QED) is 0.482. The van der Waals surface area contributed by atoms with Gasteiger partial charge >= 0.3 is 5.13 Å². The van der Waals surface area contributed by atoms with E-state index in [2.05, 4.69) is 10.6 Å². The van der Waals surface area contributed by atoms with Gasteiger partial charge in [0.05, 0.1) is 14.1 Å². The van der Waals surface area contributed by atoms with Gasteiger partial charge in [0.25, 0.3) is 0 Å². The third-order valence-electron chi connectivity index (χ3n) is 1.84. The van der Waals surface area contributed by atoms with Crippen molar-refractivity contribution in [3.63, 3.8) is 0 Å². The van der Waals surface area contributed by atoms with Gasteiger partial charge in [-0.3, -0.25) is 10.1 Å². The molecule has 0 aliphatic carbocycles. The van der Waals surface area contributed by atoms with Gasteiger partial charge in [0.1, 0.15) is 10.7 Å². The van der Waals surface area contributed by atoms with Crippen molar-refractivity contribution < 1.29 is 33.3 Å². The fraction of sp³-hybridized carbons (Fsp3) is 0.500. The Bertz CT molecular complexity index is 338. The first-order chi connectivity index (χ1) is 6.06. The molecule has 0 bridgehead atoms. The van der Waals surface area contributed by atoms with Crippen LogP contribution in [0.1, 0.15) is 12.6 Å². The number of nitrogens with one attached hydrogen (secondary N) is 2. The second kappa shape index (κ2) is 5.50. The van der Waals surface area contributed by atoms with Gasteiger partial charge in [-0.25, -0.2) is 4.57 Å². The highest BCUT2D eigenvalue weighted by Crippen LogP contribution is 2.24. The first-order valence-corrected chi connectivity index (χ1v) is 4.82. The van der Waals surface area contributed by atoms with E-state index in [0.717, 1.165) is 15.8 Å². The maximum atomic E-state index is 10.8. The molecule has 4 nitrogen and oxygen atoms in total.